The van der Waals surface area contributed by atoms with Crippen LogP contribution in [0.3, 0.4) is 0 Å². The molecule has 2 aromatic rings. The molecule has 0 aliphatic heterocycles. The minimum atomic E-state index is -0.137. The lowest BCUT2D eigenvalue weighted by molar-refractivity contribution is -0.123. The highest BCUT2D eigenvalue weighted by atomic mass is 16.5. The van der Waals surface area contributed by atoms with Crippen molar-refractivity contribution < 1.29 is 14.1 Å². The second kappa shape index (κ2) is 6.92. The Morgan fingerprint density at radius 2 is 1.95 bits per heavy atom. The molecule has 112 valence electrons. The van der Waals surface area contributed by atoms with Gasteiger partial charge in [0.1, 0.15) is 11.5 Å². The van der Waals surface area contributed by atoms with Crippen LogP contribution in [-0.2, 0) is 11.2 Å². The van der Waals surface area contributed by atoms with Crippen LogP contribution in [0, 0.1) is 20.8 Å². The van der Waals surface area contributed by atoms with E-state index in [-0.39, 0.29) is 12.5 Å². The van der Waals surface area contributed by atoms with Crippen LogP contribution in [0.25, 0.3) is 0 Å². The van der Waals surface area contributed by atoms with Gasteiger partial charge in [0.15, 0.2) is 6.61 Å². The highest BCUT2D eigenvalue weighted by molar-refractivity contribution is 5.77. The maximum absolute atomic E-state index is 11.7. The molecule has 0 bridgehead atoms. The van der Waals surface area contributed by atoms with E-state index in [1.165, 1.54) is 0 Å². The number of nitrogens with one attached hydrogen (secondary N) is 1. The summed E-state index contributed by atoms with van der Waals surface area (Å²) in [6.07, 6.45) is 0.706. The van der Waals surface area contributed by atoms with E-state index in [1.807, 2.05) is 45.0 Å². The molecular formula is C16H20N2O3. The second-order valence-electron chi connectivity index (χ2n) is 5.00. The van der Waals surface area contributed by atoms with Gasteiger partial charge in [-0.05, 0) is 39.3 Å². The zero-order chi connectivity index (χ0) is 15.2. The van der Waals surface area contributed by atoms with E-state index in [9.17, 15) is 4.79 Å². The van der Waals surface area contributed by atoms with E-state index in [4.69, 9.17) is 9.26 Å². The van der Waals surface area contributed by atoms with Gasteiger partial charge in [0.2, 0.25) is 0 Å². The SMILES string of the molecule is Cc1ccc(OCC(=O)NCCc2c(C)noc2C)cc1. The van der Waals surface area contributed by atoms with Gasteiger partial charge in [-0.25, -0.2) is 0 Å². The van der Waals surface area contributed by atoms with Crippen LogP contribution in [0.4, 0.5) is 0 Å². The number of nitrogens with zero attached hydrogens (tertiary/aromatic N) is 1. The Balaban J connectivity index is 1.71. The predicted molar refractivity (Wildman–Crippen MR) is 79.4 cm³/mol. The largest absolute Gasteiger partial charge is 0.484 e. The number of benzene rings is 1. The zero-order valence-electron chi connectivity index (χ0n) is 12.6. The fourth-order valence-electron chi connectivity index (χ4n) is 2.02. The molecule has 0 aliphatic rings. The molecule has 1 N–H and O–H groups in total. The van der Waals surface area contributed by atoms with Crippen molar-refractivity contribution in [2.75, 3.05) is 13.2 Å². The fourth-order valence-corrected chi connectivity index (χ4v) is 2.02. The number of hydrogen-bond acceptors (Lipinski definition) is 4. The smallest absolute Gasteiger partial charge is 0.257 e. The number of hydrogen-bond donors (Lipinski definition) is 1. The molecule has 1 aromatic carbocycles. The van der Waals surface area contributed by atoms with Crippen LogP contribution in [-0.4, -0.2) is 24.2 Å². The number of rotatable bonds is 6. The first-order valence-corrected chi connectivity index (χ1v) is 6.94. The lowest BCUT2D eigenvalue weighted by Gasteiger charge is -2.07. The normalized spacial score (nSPS) is 10.4. The number of ether oxygens (including phenoxy) is 1. The molecule has 0 saturated carbocycles. The molecule has 1 aromatic heterocycles. The molecule has 0 fully saturated rings. The fraction of sp³-hybridized carbons (Fsp3) is 0.375. The van der Waals surface area contributed by atoms with Crippen LogP contribution in [0.5, 0.6) is 5.75 Å². The molecule has 0 spiro atoms. The van der Waals surface area contributed by atoms with Gasteiger partial charge in [-0.15, -0.1) is 0 Å². The van der Waals surface area contributed by atoms with Crippen molar-refractivity contribution >= 4 is 5.91 Å². The average molecular weight is 288 g/mol. The van der Waals surface area contributed by atoms with Gasteiger partial charge < -0.3 is 14.6 Å². The van der Waals surface area contributed by atoms with Crippen molar-refractivity contribution in [3.63, 3.8) is 0 Å². The van der Waals surface area contributed by atoms with Gasteiger partial charge in [-0.3, -0.25) is 4.79 Å². The van der Waals surface area contributed by atoms with Crippen molar-refractivity contribution in [3.05, 3.63) is 46.8 Å². The first kappa shape index (κ1) is 15.1. The van der Waals surface area contributed by atoms with Crippen LogP contribution in [0.1, 0.15) is 22.6 Å². The van der Waals surface area contributed by atoms with Crippen molar-refractivity contribution in [3.8, 4) is 5.75 Å². The third kappa shape index (κ3) is 4.34. The second-order valence-corrected chi connectivity index (χ2v) is 5.00. The minimum Gasteiger partial charge on any atom is -0.484 e. The number of carbonyl (C=O) groups excluding carboxylic acids is 1. The van der Waals surface area contributed by atoms with Crippen LogP contribution < -0.4 is 10.1 Å². The Hall–Kier alpha value is -2.30. The summed E-state index contributed by atoms with van der Waals surface area (Å²) in [6, 6.07) is 7.61. The maximum Gasteiger partial charge on any atom is 0.257 e. The van der Waals surface area contributed by atoms with Crippen molar-refractivity contribution in [1.82, 2.24) is 10.5 Å². The molecule has 21 heavy (non-hydrogen) atoms. The molecule has 0 radical (unpaired) electrons. The third-order valence-corrected chi connectivity index (χ3v) is 3.27. The van der Waals surface area contributed by atoms with Crippen molar-refractivity contribution in [1.29, 1.82) is 0 Å². The molecule has 5 nitrogen and oxygen atoms in total. The molecule has 5 heteroatoms. The highest BCUT2D eigenvalue weighted by Gasteiger charge is 2.09. The van der Waals surface area contributed by atoms with E-state index in [0.29, 0.717) is 18.7 Å². The summed E-state index contributed by atoms with van der Waals surface area (Å²) in [6.45, 7) is 6.33. The molecule has 0 saturated heterocycles. The Morgan fingerprint density at radius 3 is 2.57 bits per heavy atom. The van der Waals surface area contributed by atoms with E-state index in [1.54, 1.807) is 0 Å². The lowest BCUT2D eigenvalue weighted by atomic mass is 10.1. The monoisotopic (exact) mass is 288 g/mol. The Kier molecular flexibility index (Phi) is 4.98. The summed E-state index contributed by atoms with van der Waals surface area (Å²) in [4.78, 5) is 11.7. The quantitative estimate of drug-likeness (QED) is 0.886. The van der Waals surface area contributed by atoms with E-state index in [2.05, 4.69) is 10.5 Å². The van der Waals surface area contributed by atoms with Crippen LogP contribution >= 0.6 is 0 Å². The number of amides is 1. The molecule has 0 unspecified atom stereocenters. The number of aromatic nitrogens is 1. The maximum atomic E-state index is 11.7. The van der Waals surface area contributed by atoms with Gasteiger partial charge >= 0.3 is 0 Å². The summed E-state index contributed by atoms with van der Waals surface area (Å²) in [7, 11) is 0. The van der Waals surface area contributed by atoms with Gasteiger partial charge in [-0.2, -0.15) is 0 Å². The number of carbonyl (C=O) groups is 1. The van der Waals surface area contributed by atoms with Crippen molar-refractivity contribution in [2.24, 2.45) is 0 Å². The highest BCUT2D eigenvalue weighted by Crippen LogP contribution is 2.12. The summed E-state index contributed by atoms with van der Waals surface area (Å²) in [5, 5.41) is 6.71. The van der Waals surface area contributed by atoms with Gasteiger partial charge in [0.25, 0.3) is 5.91 Å². The standard InChI is InChI=1S/C16H20N2O3/c1-11-4-6-14(7-5-11)20-10-16(19)17-9-8-15-12(2)18-21-13(15)3/h4-7H,8-10H2,1-3H3,(H,17,19). The molecule has 0 atom stereocenters. The van der Waals surface area contributed by atoms with Gasteiger partial charge in [0.05, 0.1) is 5.69 Å². The van der Waals surface area contributed by atoms with Gasteiger partial charge in [0, 0.05) is 12.1 Å². The van der Waals surface area contributed by atoms with Crippen LogP contribution in [0.2, 0.25) is 0 Å². The molecular weight excluding hydrogens is 268 g/mol. The first-order chi connectivity index (χ1) is 10.1. The lowest BCUT2D eigenvalue weighted by Crippen LogP contribution is -2.30. The molecule has 2 rings (SSSR count). The Bertz CT molecular complexity index is 583. The minimum absolute atomic E-state index is 0.0185. The summed E-state index contributed by atoms with van der Waals surface area (Å²) < 4.78 is 10.5. The van der Waals surface area contributed by atoms with E-state index >= 15 is 0 Å². The Labute approximate surface area is 124 Å². The molecule has 1 amide bonds. The van der Waals surface area contributed by atoms with Crippen molar-refractivity contribution in [2.45, 2.75) is 27.2 Å². The summed E-state index contributed by atoms with van der Waals surface area (Å²) in [5.74, 6) is 1.36. The Morgan fingerprint density at radius 1 is 1.24 bits per heavy atom. The first-order valence-electron chi connectivity index (χ1n) is 6.94. The molecule has 0 aliphatic carbocycles. The molecule has 1 heterocycles. The van der Waals surface area contributed by atoms with Gasteiger partial charge in [-0.1, -0.05) is 22.9 Å². The van der Waals surface area contributed by atoms with E-state index in [0.717, 1.165) is 22.6 Å². The van der Waals surface area contributed by atoms with E-state index < -0.39 is 0 Å². The topological polar surface area (TPSA) is 64.4 Å². The summed E-state index contributed by atoms with van der Waals surface area (Å²) in [5.41, 5.74) is 3.08. The third-order valence-electron chi connectivity index (χ3n) is 3.27. The zero-order valence-corrected chi connectivity index (χ0v) is 12.6. The van der Waals surface area contributed by atoms with Crippen LogP contribution in [0.15, 0.2) is 28.8 Å². The summed E-state index contributed by atoms with van der Waals surface area (Å²) >= 11 is 0. The predicted octanol–water partition coefficient (Wildman–Crippen LogP) is 2.34. The average Bonchev–Trinajstić information content (AvgIpc) is 2.78. The number of aryl methyl sites for hydroxylation is 3.